The van der Waals surface area contributed by atoms with E-state index in [-0.39, 0.29) is 5.82 Å². The van der Waals surface area contributed by atoms with Crippen molar-refractivity contribution in [1.29, 1.82) is 0 Å². The molecule has 1 N–H and O–H groups in total. The molecule has 0 bridgehead atoms. The molecule has 0 spiro atoms. The highest BCUT2D eigenvalue weighted by Crippen LogP contribution is 2.29. The van der Waals surface area contributed by atoms with Gasteiger partial charge in [-0.25, -0.2) is 4.39 Å². The molecule has 3 heteroatoms. The van der Waals surface area contributed by atoms with Crippen LogP contribution in [0.15, 0.2) is 42.5 Å². The minimum Gasteiger partial charge on any atom is -0.306 e. The van der Waals surface area contributed by atoms with Crippen molar-refractivity contribution in [3.8, 4) is 23.0 Å². The molecular weight excluding hydrogens is 345 g/mol. The zero-order valence-electron chi connectivity index (χ0n) is 15.0. The van der Waals surface area contributed by atoms with Gasteiger partial charge in [-0.2, -0.15) is 0 Å². The average molecular weight is 370 g/mol. The molecule has 1 aliphatic carbocycles. The molecule has 0 saturated heterocycles. The van der Waals surface area contributed by atoms with Crippen LogP contribution in [-0.4, -0.2) is 13.1 Å². The summed E-state index contributed by atoms with van der Waals surface area (Å²) in [7, 11) is 0. The van der Waals surface area contributed by atoms with E-state index in [2.05, 4.69) is 17.2 Å². The van der Waals surface area contributed by atoms with Gasteiger partial charge in [-0.05, 0) is 48.7 Å². The second-order valence-corrected chi connectivity index (χ2v) is 7.38. The first-order valence-electron chi connectivity index (χ1n) is 9.47. The summed E-state index contributed by atoms with van der Waals surface area (Å²) in [4.78, 5) is 0. The molecule has 1 aliphatic rings. The van der Waals surface area contributed by atoms with Crippen LogP contribution in [0.4, 0.5) is 4.39 Å². The zero-order valence-corrected chi connectivity index (χ0v) is 15.8. The van der Waals surface area contributed by atoms with E-state index in [4.69, 9.17) is 11.6 Å². The van der Waals surface area contributed by atoms with Gasteiger partial charge < -0.3 is 5.32 Å². The smallest absolute Gasteiger partial charge is 0.123 e. The third kappa shape index (κ3) is 5.59. The predicted molar refractivity (Wildman–Crippen MR) is 108 cm³/mol. The van der Waals surface area contributed by atoms with Crippen LogP contribution in [0, 0.1) is 23.6 Å². The molecule has 0 aromatic heterocycles. The Labute approximate surface area is 161 Å². The molecule has 0 atom stereocenters. The van der Waals surface area contributed by atoms with Crippen molar-refractivity contribution in [2.75, 3.05) is 13.1 Å². The maximum atomic E-state index is 13.4. The number of benzene rings is 2. The highest BCUT2D eigenvalue weighted by Gasteiger charge is 2.12. The molecule has 1 nitrogen and oxygen atoms in total. The Morgan fingerprint density at radius 1 is 1.08 bits per heavy atom. The van der Waals surface area contributed by atoms with Crippen molar-refractivity contribution < 1.29 is 4.39 Å². The summed E-state index contributed by atoms with van der Waals surface area (Å²) in [6, 6.07) is 12.1. The van der Waals surface area contributed by atoms with Gasteiger partial charge in [-0.1, -0.05) is 73.7 Å². The lowest BCUT2D eigenvalue weighted by Crippen LogP contribution is -2.19. The van der Waals surface area contributed by atoms with Gasteiger partial charge in [-0.3, -0.25) is 0 Å². The van der Waals surface area contributed by atoms with Gasteiger partial charge in [0.25, 0.3) is 0 Å². The minimum atomic E-state index is -0.262. The van der Waals surface area contributed by atoms with Crippen LogP contribution in [-0.2, 0) is 0 Å². The number of nitrogens with one attached hydrogen (secondary N) is 1. The predicted octanol–water partition coefficient (Wildman–Crippen LogP) is 6.06. The van der Waals surface area contributed by atoms with Gasteiger partial charge in [0.15, 0.2) is 0 Å². The Morgan fingerprint density at radius 2 is 1.92 bits per heavy atom. The van der Waals surface area contributed by atoms with Gasteiger partial charge in [0, 0.05) is 16.1 Å². The maximum absolute atomic E-state index is 13.4. The highest BCUT2D eigenvalue weighted by atomic mass is 35.5. The molecule has 0 heterocycles. The van der Waals surface area contributed by atoms with Gasteiger partial charge in [0.05, 0.1) is 6.54 Å². The van der Waals surface area contributed by atoms with Gasteiger partial charge in [0.1, 0.15) is 5.82 Å². The topological polar surface area (TPSA) is 12.0 Å². The molecule has 26 heavy (non-hydrogen) atoms. The lowest BCUT2D eigenvalue weighted by Gasteiger charge is -2.21. The monoisotopic (exact) mass is 369 g/mol. The molecule has 0 radical (unpaired) electrons. The first kappa shape index (κ1) is 19.0. The Kier molecular flexibility index (Phi) is 7.12. The van der Waals surface area contributed by atoms with E-state index < -0.39 is 0 Å². The Bertz CT molecular complexity index is 784. The van der Waals surface area contributed by atoms with Gasteiger partial charge in [-0.15, -0.1) is 0 Å². The van der Waals surface area contributed by atoms with Crippen molar-refractivity contribution in [3.63, 3.8) is 0 Å². The van der Waals surface area contributed by atoms with Crippen molar-refractivity contribution in [2.24, 2.45) is 5.92 Å². The summed E-state index contributed by atoms with van der Waals surface area (Å²) >= 11 is 6.36. The van der Waals surface area contributed by atoms with Crippen molar-refractivity contribution in [2.45, 2.75) is 38.5 Å². The fourth-order valence-corrected chi connectivity index (χ4v) is 3.85. The van der Waals surface area contributed by atoms with E-state index in [1.165, 1.54) is 50.7 Å². The van der Waals surface area contributed by atoms with E-state index >= 15 is 0 Å². The van der Waals surface area contributed by atoms with Crippen LogP contribution < -0.4 is 5.32 Å². The second-order valence-electron chi connectivity index (χ2n) is 6.98. The first-order chi connectivity index (χ1) is 12.7. The highest BCUT2D eigenvalue weighted by molar-refractivity contribution is 6.33. The average Bonchev–Trinajstić information content (AvgIpc) is 2.65. The molecule has 0 unspecified atom stereocenters. The lowest BCUT2D eigenvalue weighted by atomic mass is 9.87. The summed E-state index contributed by atoms with van der Waals surface area (Å²) in [5.74, 6) is 6.94. The molecule has 2 aromatic carbocycles. The van der Waals surface area contributed by atoms with Crippen LogP contribution in [0.1, 0.15) is 44.1 Å². The Morgan fingerprint density at radius 3 is 2.69 bits per heavy atom. The first-order valence-corrected chi connectivity index (χ1v) is 9.85. The largest absolute Gasteiger partial charge is 0.306 e. The maximum Gasteiger partial charge on any atom is 0.123 e. The van der Waals surface area contributed by atoms with E-state index in [9.17, 15) is 4.39 Å². The van der Waals surface area contributed by atoms with Crippen LogP contribution in [0.3, 0.4) is 0 Å². The molecule has 0 amide bonds. The van der Waals surface area contributed by atoms with Crippen LogP contribution in [0.5, 0.6) is 0 Å². The van der Waals surface area contributed by atoms with Crippen molar-refractivity contribution >= 4 is 11.6 Å². The molecule has 0 aliphatic heterocycles. The SMILES string of the molecule is Fc1cccc(-c2ccc(C#CCNCCC3CCCCC3)cc2Cl)c1. The number of hydrogen-bond donors (Lipinski definition) is 1. The van der Waals surface area contributed by atoms with E-state index in [0.717, 1.165) is 29.2 Å². The summed E-state index contributed by atoms with van der Waals surface area (Å²) < 4.78 is 13.4. The van der Waals surface area contributed by atoms with Crippen LogP contribution >= 0.6 is 11.6 Å². The summed E-state index contributed by atoms with van der Waals surface area (Å²) in [6.45, 7) is 1.73. The van der Waals surface area contributed by atoms with Crippen molar-refractivity contribution in [1.82, 2.24) is 5.32 Å². The third-order valence-corrected chi connectivity index (χ3v) is 5.32. The van der Waals surface area contributed by atoms with Crippen molar-refractivity contribution in [3.05, 3.63) is 58.9 Å². The molecule has 1 fully saturated rings. The standard InChI is InChI=1S/C23H25ClFN/c24-23-16-19(11-12-22(23)20-9-4-10-21(25)17-20)8-5-14-26-15-13-18-6-2-1-3-7-18/h4,9-12,16-18,26H,1-3,6-7,13-15H2. The fraction of sp³-hybridized carbons (Fsp3) is 0.391. The summed E-state index contributed by atoms with van der Waals surface area (Å²) in [6.07, 6.45) is 8.26. The summed E-state index contributed by atoms with van der Waals surface area (Å²) in [5.41, 5.74) is 2.48. The summed E-state index contributed by atoms with van der Waals surface area (Å²) in [5, 5.41) is 4.00. The number of halogens is 2. The third-order valence-electron chi connectivity index (χ3n) is 5.00. The number of rotatable bonds is 5. The normalized spacial score (nSPS) is 14.7. The minimum absolute atomic E-state index is 0.262. The van der Waals surface area contributed by atoms with Gasteiger partial charge in [0.2, 0.25) is 0 Å². The quantitative estimate of drug-likeness (QED) is 0.499. The number of hydrogen-bond acceptors (Lipinski definition) is 1. The molecule has 2 aromatic rings. The Balaban J connectivity index is 1.49. The van der Waals surface area contributed by atoms with Gasteiger partial charge >= 0.3 is 0 Å². The molecule has 136 valence electrons. The van der Waals surface area contributed by atoms with Crippen LogP contribution in [0.25, 0.3) is 11.1 Å². The van der Waals surface area contributed by atoms with E-state index in [1.54, 1.807) is 6.07 Å². The van der Waals surface area contributed by atoms with Crippen LogP contribution in [0.2, 0.25) is 5.02 Å². The fourth-order valence-electron chi connectivity index (χ4n) is 3.56. The van der Waals surface area contributed by atoms with E-state index in [0.29, 0.717) is 11.6 Å². The van der Waals surface area contributed by atoms with E-state index in [1.807, 2.05) is 24.3 Å². The second kappa shape index (κ2) is 9.76. The molecule has 3 rings (SSSR count). The zero-order chi connectivity index (χ0) is 18.2. The lowest BCUT2D eigenvalue weighted by molar-refractivity contribution is 0.336. The molecular formula is C23H25ClFN. The Hall–Kier alpha value is -1.82. The molecule has 1 saturated carbocycles.